The highest BCUT2D eigenvalue weighted by Crippen LogP contribution is 2.19. The van der Waals surface area contributed by atoms with E-state index in [0.29, 0.717) is 18.0 Å². The molecule has 0 aromatic heterocycles. The van der Waals surface area contributed by atoms with Crippen molar-refractivity contribution in [1.82, 2.24) is 5.32 Å². The lowest BCUT2D eigenvalue weighted by Gasteiger charge is -2.30. The van der Waals surface area contributed by atoms with Gasteiger partial charge in [-0.05, 0) is 38.5 Å². The minimum absolute atomic E-state index is 0.0348. The van der Waals surface area contributed by atoms with Gasteiger partial charge in [-0.3, -0.25) is 0 Å². The summed E-state index contributed by atoms with van der Waals surface area (Å²) >= 11 is 0. The molecule has 0 aromatic rings. The average Bonchev–Trinajstić information content (AvgIpc) is 2.08. The molecule has 1 aliphatic carbocycles. The van der Waals surface area contributed by atoms with Crippen molar-refractivity contribution in [3.8, 4) is 0 Å². The van der Waals surface area contributed by atoms with Gasteiger partial charge in [-0.1, -0.05) is 13.8 Å². The third kappa shape index (κ3) is 3.65. The van der Waals surface area contributed by atoms with Crippen molar-refractivity contribution in [2.24, 2.45) is 5.92 Å². The van der Waals surface area contributed by atoms with Gasteiger partial charge in [0, 0.05) is 12.1 Å². The summed E-state index contributed by atoms with van der Waals surface area (Å²) < 4.78 is 0. The molecule has 2 N–H and O–H groups in total. The second kappa shape index (κ2) is 4.97. The summed E-state index contributed by atoms with van der Waals surface area (Å²) in [6.07, 6.45) is 4.19. The van der Waals surface area contributed by atoms with E-state index >= 15 is 0 Å². The first kappa shape index (κ1) is 11.0. The van der Waals surface area contributed by atoms with Crippen molar-refractivity contribution in [1.29, 1.82) is 0 Å². The quantitative estimate of drug-likeness (QED) is 0.704. The van der Waals surface area contributed by atoms with E-state index in [1.807, 2.05) is 0 Å². The Morgan fingerprint density at radius 2 is 1.62 bits per heavy atom. The third-order valence-electron chi connectivity index (χ3n) is 3.20. The van der Waals surface area contributed by atoms with E-state index in [0.717, 1.165) is 25.7 Å². The highest BCUT2D eigenvalue weighted by molar-refractivity contribution is 4.79. The van der Waals surface area contributed by atoms with Crippen molar-refractivity contribution in [3.63, 3.8) is 0 Å². The summed E-state index contributed by atoms with van der Waals surface area (Å²) in [7, 11) is 0. The lowest BCUT2D eigenvalue weighted by atomic mass is 9.92. The summed E-state index contributed by atoms with van der Waals surface area (Å²) in [5.41, 5.74) is 0. The van der Waals surface area contributed by atoms with E-state index in [1.165, 1.54) is 0 Å². The number of nitrogens with one attached hydrogen (secondary N) is 1. The second-order valence-corrected chi connectivity index (χ2v) is 4.70. The van der Waals surface area contributed by atoms with Crippen LogP contribution in [0, 0.1) is 5.92 Å². The van der Waals surface area contributed by atoms with Gasteiger partial charge in [0.15, 0.2) is 0 Å². The van der Waals surface area contributed by atoms with Crippen molar-refractivity contribution in [2.75, 3.05) is 0 Å². The molecule has 78 valence electrons. The largest absolute Gasteiger partial charge is 0.393 e. The number of aliphatic hydroxyl groups excluding tert-OH is 1. The van der Waals surface area contributed by atoms with Crippen LogP contribution in [0.25, 0.3) is 0 Å². The zero-order valence-corrected chi connectivity index (χ0v) is 9.09. The molecule has 2 nitrogen and oxygen atoms in total. The highest BCUT2D eigenvalue weighted by atomic mass is 16.3. The molecule has 1 rings (SSSR count). The Hall–Kier alpha value is -0.0800. The van der Waals surface area contributed by atoms with Gasteiger partial charge >= 0.3 is 0 Å². The van der Waals surface area contributed by atoms with Crippen molar-refractivity contribution in [2.45, 2.75) is 64.6 Å². The van der Waals surface area contributed by atoms with Gasteiger partial charge in [-0.25, -0.2) is 0 Å². The molecule has 0 saturated heterocycles. The smallest absolute Gasteiger partial charge is 0.0541 e. The van der Waals surface area contributed by atoms with E-state index in [1.54, 1.807) is 0 Å². The van der Waals surface area contributed by atoms with Crippen LogP contribution in [-0.2, 0) is 0 Å². The molecule has 0 aliphatic heterocycles. The molecule has 1 aliphatic rings. The molecular weight excluding hydrogens is 162 g/mol. The van der Waals surface area contributed by atoms with E-state index in [2.05, 4.69) is 26.1 Å². The fourth-order valence-electron chi connectivity index (χ4n) is 1.81. The maximum Gasteiger partial charge on any atom is 0.0541 e. The number of aliphatic hydroxyl groups is 1. The van der Waals surface area contributed by atoms with Gasteiger partial charge in [0.1, 0.15) is 0 Å². The first-order valence-corrected chi connectivity index (χ1v) is 5.53. The predicted molar refractivity (Wildman–Crippen MR) is 55.7 cm³/mol. The summed E-state index contributed by atoms with van der Waals surface area (Å²) in [6.45, 7) is 6.74. The van der Waals surface area contributed by atoms with Crippen LogP contribution in [0.3, 0.4) is 0 Å². The van der Waals surface area contributed by atoms with E-state index in [-0.39, 0.29) is 6.10 Å². The molecule has 13 heavy (non-hydrogen) atoms. The summed E-state index contributed by atoms with van der Waals surface area (Å²) in [5, 5.41) is 13.0. The fourth-order valence-corrected chi connectivity index (χ4v) is 1.81. The van der Waals surface area contributed by atoms with Crippen molar-refractivity contribution < 1.29 is 5.11 Å². The number of hydrogen-bond acceptors (Lipinski definition) is 2. The molecule has 0 spiro atoms. The van der Waals surface area contributed by atoms with Gasteiger partial charge in [-0.15, -0.1) is 0 Å². The fraction of sp³-hybridized carbons (Fsp3) is 1.00. The van der Waals surface area contributed by atoms with E-state index in [4.69, 9.17) is 0 Å². The average molecular weight is 185 g/mol. The number of rotatable bonds is 3. The molecule has 1 unspecified atom stereocenters. The lowest BCUT2D eigenvalue weighted by molar-refractivity contribution is 0.113. The summed E-state index contributed by atoms with van der Waals surface area (Å²) in [5.74, 6) is 0.701. The predicted octanol–water partition coefficient (Wildman–Crippen LogP) is 1.92. The van der Waals surface area contributed by atoms with Crippen LogP contribution in [-0.4, -0.2) is 23.3 Å². The molecule has 1 saturated carbocycles. The maximum absolute atomic E-state index is 9.34. The molecule has 1 atom stereocenters. The van der Waals surface area contributed by atoms with Gasteiger partial charge in [0.25, 0.3) is 0 Å². The molecular formula is C11H23NO. The Morgan fingerprint density at radius 1 is 1.08 bits per heavy atom. The SMILES string of the molecule is CC(C)C(C)NC1CCC(O)CC1. The molecule has 0 heterocycles. The Balaban J connectivity index is 2.22. The standard InChI is InChI=1S/C11H23NO/c1-8(2)9(3)12-10-4-6-11(13)7-5-10/h8-13H,4-7H2,1-3H3. The summed E-state index contributed by atoms with van der Waals surface area (Å²) in [6, 6.07) is 1.24. The van der Waals surface area contributed by atoms with Crippen LogP contribution < -0.4 is 5.32 Å². The van der Waals surface area contributed by atoms with Crippen LogP contribution in [0.15, 0.2) is 0 Å². The Kier molecular flexibility index (Phi) is 4.20. The van der Waals surface area contributed by atoms with Crippen LogP contribution >= 0.6 is 0 Å². The van der Waals surface area contributed by atoms with Crippen LogP contribution in [0.2, 0.25) is 0 Å². The monoisotopic (exact) mass is 185 g/mol. The van der Waals surface area contributed by atoms with Gasteiger partial charge in [-0.2, -0.15) is 0 Å². The normalized spacial score (nSPS) is 32.1. The highest BCUT2D eigenvalue weighted by Gasteiger charge is 2.20. The lowest BCUT2D eigenvalue weighted by Crippen LogP contribution is -2.42. The topological polar surface area (TPSA) is 32.3 Å². The van der Waals surface area contributed by atoms with Crippen molar-refractivity contribution >= 4 is 0 Å². The van der Waals surface area contributed by atoms with E-state index < -0.39 is 0 Å². The zero-order valence-electron chi connectivity index (χ0n) is 9.09. The van der Waals surface area contributed by atoms with Crippen molar-refractivity contribution in [3.05, 3.63) is 0 Å². The number of hydrogen-bond donors (Lipinski definition) is 2. The molecule has 0 radical (unpaired) electrons. The Morgan fingerprint density at radius 3 is 2.08 bits per heavy atom. The minimum atomic E-state index is -0.0348. The third-order valence-corrected chi connectivity index (χ3v) is 3.20. The molecule has 2 heteroatoms. The van der Waals surface area contributed by atoms with Gasteiger partial charge in [0.05, 0.1) is 6.10 Å². The minimum Gasteiger partial charge on any atom is -0.393 e. The Bertz CT molecular complexity index is 139. The zero-order chi connectivity index (χ0) is 9.84. The summed E-state index contributed by atoms with van der Waals surface area (Å²) in [4.78, 5) is 0. The molecule has 0 amide bonds. The van der Waals surface area contributed by atoms with Crippen LogP contribution in [0.5, 0.6) is 0 Å². The Labute approximate surface area is 81.7 Å². The first-order chi connectivity index (χ1) is 6.09. The van der Waals surface area contributed by atoms with Crippen LogP contribution in [0.1, 0.15) is 46.5 Å². The maximum atomic E-state index is 9.34. The second-order valence-electron chi connectivity index (χ2n) is 4.70. The molecule has 1 fully saturated rings. The van der Waals surface area contributed by atoms with Crippen LogP contribution in [0.4, 0.5) is 0 Å². The molecule has 0 bridgehead atoms. The van der Waals surface area contributed by atoms with Gasteiger partial charge < -0.3 is 10.4 Å². The van der Waals surface area contributed by atoms with E-state index in [9.17, 15) is 5.11 Å². The first-order valence-electron chi connectivity index (χ1n) is 5.53. The van der Waals surface area contributed by atoms with Gasteiger partial charge in [0.2, 0.25) is 0 Å². The molecule has 0 aromatic carbocycles.